The van der Waals surface area contributed by atoms with E-state index in [-0.39, 0.29) is 28.9 Å². The Morgan fingerprint density at radius 1 is 1.04 bits per heavy atom. The first-order valence-electron chi connectivity index (χ1n) is 8.50. The first-order chi connectivity index (χ1) is 12.9. The lowest BCUT2D eigenvalue weighted by atomic mass is 10.1. The van der Waals surface area contributed by atoms with Gasteiger partial charge in [0.25, 0.3) is 0 Å². The van der Waals surface area contributed by atoms with Gasteiger partial charge in [0, 0.05) is 24.9 Å². The molecule has 2 aromatic carbocycles. The van der Waals surface area contributed by atoms with Gasteiger partial charge in [-0.05, 0) is 48.4 Å². The maximum absolute atomic E-state index is 11.4. The van der Waals surface area contributed by atoms with E-state index < -0.39 is 9.84 Å². The molecular formula is C19H25ClIN3O3S. The average Bonchev–Trinajstić information content (AvgIpc) is 2.65. The van der Waals surface area contributed by atoms with E-state index in [4.69, 9.17) is 16.3 Å². The van der Waals surface area contributed by atoms with E-state index in [0.717, 1.165) is 18.0 Å². The minimum Gasteiger partial charge on any atom is -0.492 e. The lowest BCUT2D eigenvalue weighted by molar-refractivity contribution is 0.321. The van der Waals surface area contributed by atoms with Crippen LogP contribution in [0.15, 0.2) is 58.4 Å². The number of hydrogen-bond acceptors (Lipinski definition) is 4. The summed E-state index contributed by atoms with van der Waals surface area (Å²) in [6.07, 6.45) is 2.04. The Hall–Kier alpha value is -1.52. The third-order valence-electron chi connectivity index (χ3n) is 3.76. The zero-order chi connectivity index (χ0) is 19.7. The summed E-state index contributed by atoms with van der Waals surface area (Å²) >= 11 is 5.88. The molecule has 154 valence electrons. The molecule has 9 heteroatoms. The SMILES string of the molecule is CN=C(NCCOc1ccc(S(C)(=O)=O)cc1)NCCc1ccc(Cl)cc1.I. The number of sulfone groups is 1. The highest BCUT2D eigenvalue weighted by Gasteiger charge is 2.06. The van der Waals surface area contributed by atoms with Crippen LogP contribution in [-0.2, 0) is 16.3 Å². The smallest absolute Gasteiger partial charge is 0.191 e. The molecule has 0 aliphatic carbocycles. The standard InChI is InChI=1S/C19H24ClN3O3S.HI/c1-21-19(22-12-11-15-3-5-16(20)6-4-15)23-13-14-26-17-7-9-18(10-8-17)27(2,24)25;/h3-10H,11-14H2,1-2H3,(H2,21,22,23);1H. The van der Waals surface area contributed by atoms with Gasteiger partial charge in [-0.1, -0.05) is 23.7 Å². The van der Waals surface area contributed by atoms with Crippen molar-refractivity contribution < 1.29 is 13.2 Å². The predicted octanol–water partition coefficient (Wildman–Crippen LogP) is 3.15. The largest absolute Gasteiger partial charge is 0.492 e. The maximum atomic E-state index is 11.4. The highest BCUT2D eigenvalue weighted by atomic mass is 127. The van der Waals surface area contributed by atoms with Gasteiger partial charge in [0.2, 0.25) is 0 Å². The Balaban J connectivity index is 0.00000392. The van der Waals surface area contributed by atoms with E-state index in [0.29, 0.717) is 24.9 Å². The normalized spacial score (nSPS) is 11.5. The summed E-state index contributed by atoms with van der Waals surface area (Å²) in [5.74, 6) is 1.31. The lowest BCUT2D eigenvalue weighted by Gasteiger charge is -2.12. The molecule has 0 amide bonds. The second-order valence-corrected chi connectivity index (χ2v) is 8.35. The summed E-state index contributed by atoms with van der Waals surface area (Å²) in [6, 6.07) is 14.1. The van der Waals surface area contributed by atoms with Gasteiger partial charge < -0.3 is 15.4 Å². The Kier molecular flexibility index (Phi) is 10.6. The van der Waals surface area contributed by atoms with Gasteiger partial charge >= 0.3 is 0 Å². The van der Waals surface area contributed by atoms with E-state index in [9.17, 15) is 8.42 Å². The predicted molar refractivity (Wildman–Crippen MR) is 125 cm³/mol. The molecule has 0 spiro atoms. The molecule has 0 saturated carbocycles. The third kappa shape index (κ3) is 8.66. The van der Waals surface area contributed by atoms with Crippen molar-refractivity contribution in [2.45, 2.75) is 11.3 Å². The highest BCUT2D eigenvalue weighted by Crippen LogP contribution is 2.15. The average molecular weight is 538 g/mol. The Bertz CT molecular complexity index is 857. The molecule has 0 saturated heterocycles. The fourth-order valence-corrected chi connectivity index (χ4v) is 3.07. The number of hydrogen-bond donors (Lipinski definition) is 2. The number of ether oxygens (including phenoxy) is 1. The molecular weight excluding hydrogens is 513 g/mol. The molecule has 0 fully saturated rings. The van der Waals surface area contributed by atoms with Gasteiger partial charge in [-0.25, -0.2) is 8.42 Å². The molecule has 0 aromatic heterocycles. The molecule has 2 rings (SSSR count). The Morgan fingerprint density at radius 2 is 1.64 bits per heavy atom. The Labute approximate surface area is 188 Å². The number of benzene rings is 2. The highest BCUT2D eigenvalue weighted by molar-refractivity contribution is 14.0. The van der Waals surface area contributed by atoms with Gasteiger partial charge in [-0.2, -0.15) is 0 Å². The van der Waals surface area contributed by atoms with Gasteiger partial charge in [0.05, 0.1) is 11.4 Å². The van der Waals surface area contributed by atoms with Crippen LogP contribution in [0.3, 0.4) is 0 Å². The Morgan fingerprint density at radius 3 is 2.21 bits per heavy atom. The van der Waals surface area contributed by atoms with Crippen LogP contribution in [0.2, 0.25) is 5.02 Å². The van der Waals surface area contributed by atoms with E-state index in [1.54, 1.807) is 19.2 Å². The van der Waals surface area contributed by atoms with Crippen LogP contribution in [0.1, 0.15) is 5.56 Å². The van der Waals surface area contributed by atoms with E-state index >= 15 is 0 Å². The van der Waals surface area contributed by atoms with E-state index in [1.807, 2.05) is 24.3 Å². The van der Waals surface area contributed by atoms with Crippen molar-refractivity contribution in [2.24, 2.45) is 4.99 Å². The molecule has 0 unspecified atom stereocenters. The first-order valence-corrected chi connectivity index (χ1v) is 10.8. The number of halogens is 2. The summed E-state index contributed by atoms with van der Waals surface area (Å²) in [5.41, 5.74) is 1.20. The fraction of sp³-hybridized carbons (Fsp3) is 0.316. The number of guanidine groups is 1. The van der Waals surface area contributed by atoms with Crippen LogP contribution in [0.5, 0.6) is 5.75 Å². The van der Waals surface area contributed by atoms with Gasteiger partial charge in [0.1, 0.15) is 12.4 Å². The summed E-state index contributed by atoms with van der Waals surface area (Å²) in [6.45, 7) is 1.74. The monoisotopic (exact) mass is 537 g/mol. The van der Waals surface area contributed by atoms with Gasteiger partial charge in [-0.15, -0.1) is 24.0 Å². The van der Waals surface area contributed by atoms with E-state index in [1.165, 1.54) is 24.0 Å². The topological polar surface area (TPSA) is 79.8 Å². The molecule has 0 atom stereocenters. The fourth-order valence-electron chi connectivity index (χ4n) is 2.32. The van der Waals surface area contributed by atoms with E-state index in [2.05, 4.69) is 15.6 Å². The van der Waals surface area contributed by atoms with Crippen molar-refractivity contribution in [3.63, 3.8) is 0 Å². The first kappa shape index (κ1) is 24.5. The van der Waals surface area contributed by atoms with Gasteiger partial charge in [-0.3, -0.25) is 4.99 Å². The summed E-state index contributed by atoms with van der Waals surface area (Å²) < 4.78 is 28.5. The summed E-state index contributed by atoms with van der Waals surface area (Å²) in [4.78, 5) is 4.44. The van der Waals surface area contributed by atoms with Crippen LogP contribution < -0.4 is 15.4 Å². The van der Waals surface area contributed by atoms with Crippen molar-refractivity contribution >= 4 is 51.4 Å². The number of nitrogens with zero attached hydrogens (tertiary/aromatic N) is 1. The van der Waals surface area contributed by atoms with Crippen LogP contribution in [0, 0.1) is 0 Å². The molecule has 0 radical (unpaired) electrons. The zero-order valence-electron chi connectivity index (χ0n) is 15.8. The maximum Gasteiger partial charge on any atom is 0.191 e. The second kappa shape index (κ2) is 12.1. The molecule has 6 nitrogen and oxygen atoms in total. The summed E-state index contributed by atoms with van der Waals surface area (Å²) in [5, 5.41) is 7.14. The molecule has 0 aliphatic heterocycles. The molecule has 2 N–H and O–H groups in total. The van der Waals surface area contributed by atoms with Crippen molar-refractivity contribution in [1.29, 1.82) is 0 Å². The van der Waals surface area contributed by atoms with Crippen LogP contribution in [-0.4, -0.2) is 47.4 Å². The minimum absolute atomic E-state index is 0. The third-order valence-corrected chi connectivity index (χ3v) is 5.14. The van der Waals surface area contributed by atoms with Crippen molar-refractivity contribution in [2.75, 3.05) is 33.0 Å². The minimum atomic E-state index is -3.19. The van der Waals surface area contributed by atoms with Crippen LogP contribution in [0.4, 0.5) is 0 Å². The molecule has 0 aliphatic rings. The number of nitrogens with one attached hydrogen (secondary N) is 2. The molecule has 2 aromatic rings. The molecule has 0 heterocycles. The van der Waals surface area contributed by atoms with Crippen molar-refractivity contribution in [3.8, 4) is 5.75 Å². The number of aliphatic imine (C=N–C) groups is 1. The van der Waals surface area contributed by atoms with Crippen molar-refractivity contribution in [1.82, 2.24) is 10.6 Å². The zero-order valence-corrected chi connectivity index (χ0v) is 19.7. The summed E-state index contributed by atoms with van der Waals surface area (Å²) in [7, 11) is -1.48. The molecule has 28 heavy (non-hydrogen) atoms. The van der Waals surface area contributed by atoms with Crippen LogP contribution >= 0.6 is 35.6 Å². The lowest BCUT2D eigenvalue weighted by Crippen LogP contribution is -2.40. The quantitative estimate of drug-likeness (QED) is 0.234. The number of rotatable bonds is 8. The second-order valence-electron chi connectivity index (χ2n) is 5.89. The molecule has 0 bridgehead atoms. The van der Waals surface area contributed by atoms with Crippen LogP contribution in [0.25, 0.3) is 0 Å². The van der Waals surface area contributed by atoms with Gasteiger partial charge in [0.15, 0.2) is 15.8 Å². The van der Waals surface area contributed by atoms with Crippen molar-refractivity contribution in [3.05, 3.63) is 59.1 Å².